The fraction of sp³-hybridized carbons (Fsp3) is 0.143. The molecule has 0 spiro atoms. The molecule has 0 bridgehead atoms. The molecule has 1 atom stereocenters. The van der Waals surface area contributed by atoms with E-state index in [4.69, 9.17) is 23.2 Å². The predicted molar refractivity (Wildman–Crippen MR) is 77.9 cm³/mol. The summed E-state index contributed by atoms with van der Waals surface area (Å²) in [6.07, 6.45) is 0.559. The van der Waals surface area contributed by atoms with Crippen LogP contribution in [-0.2, 0) is 6.42 Å². The van der Waals surface area contributed by atoms with Gasteiger partial charge in [0, 0.05) is 5.02 Å². The Morgan fingerprint density at radius 2 is 1.83 bits per heavy atom. The first-order chi connectivity index (χ1) is 8.59. The Morgan fingerprint density at radius 1 is 1.11 bits per heavy atom. The fourth-order valence-electron chi connectivity index (χ4n) is 1.73. The van der Waals surface area contributed by atoms with Crippen molar-refractivity contribution in [1.29, 1.82) is 0 Å². The first-order valence-electron chi connectivity index (χ1n) is 5.41. The monoisotopic (exact) mass is 346 g/mol. The van der Waals surface area contributed by atoms with Crippen molar-refractivity contribution in [2.24, 2.45) is 0 Å². The van der Waals surface area contributed by atoms with Crippen LogP contribution in [0.5, 0.6) is 0 Å². The number of halogens is 4. The quantitative estimate of drug-likeness (QED) is 0.619. The Morgan fingerprint density at radius 3 is 2.56 bits per heavy atom. The van der Waals surface area contributed by atoms with E-state index >= 15 is 0 Å². The highest BCUT2D eigenvalue weighted by atomic mass is 79.9. The molecule has 4 heteroatoms. The largest absolute Gasteiger partial charge is 0.206 e. The summed E-state index contributed by atoms with van der Waals surface area (Å²) in [5, 5.41) is 0.352. The van der Waals surface area contributed by atoms with E-state index < -0.39 is 0 Å². The maximum absolute atomic E-state index is 13.4. The van der Waals surface area contributed by atoms with Crippen LogP contribution in [-0.4, -0.2) is 0 Å². The molecule has 0 saturated carbocycles. The summed E-state index contributed by atoms with van der Waals surface area (Å²) < 4.78 is 13.8. The summed E-state index contributed by atoms with van der Waals surface area (Å²) in [6, 6.07) is 12.4. The molecule has 2 rings (SSSR count). The van der Waals surface area contributed by atoms with E-state index in [0.717, 1.165) is 11.1 Å². The normalized spacial score (nSPS) is 12.4. The number of alkyl halides is 1. The van der Waals surface area contributed by atoms with Crippen molar-refractivity contribution in [3.8, 4) is 0 Å². The summed E-state index contributed by atoms with van der Waals surface area (Å²) in [5.74, 6) is -0.308. The van der Waals surface area contributed by atoms with E-state index in [2.05, 4.69) is 15.9 Å². The van der Waals surface area contributed by atoms with Gasteiger partial charge in [0.05, 0.1) is 9.85 Å². The molecule has 0 aromatic heterocycles. The third kappa shape index (κ3) is 3.05. The van der Waals surface area contributed by atoms with Crippen LogP contribution >= 0.6 is 39.1 Å². The molecule has 94 valence electrons. The minimum atomic E-state index is -0.324. The molecule has 0 radical (unpaired) electrons. The van der Waals surface area contributed by atoms with Gasteiger partial charge in [-0.3, -0.25) is 0 Å². The maximum atomic E-state index is 13.4. The lowest BCUT2D eigenvalue weighted by Crippen LogP contribution is -1.99. The van der Waals surface area contributed by atoms with Crippen LogP contribution in [0.2, 0.25) is 5.02 Å². The molecular weight excluding hydrogens is 338 g/mol. The SMILES string of the molecule is Fc1cccc(C(Cl)Cc2ccccc2Cl)c1Br. The minimum Gasteiger partial charge on any atom is -0.206 e. The summed E-state index contributed by atoms with van der Waals surface area (Å²) in [5.41, 5.74) is 1.69. The van der Waals surface area contributed by atoms with Crippen molar-refractivity contribution in [1.82, 2.24) is 0 Å². The molecule has 18 heavy (non-hydrogen) atoms. The van der Waals surface area contributed by atoms with Gasteiger partial charge in [-0.05, 0) is 45.6 Å². The zero-order chi connectivity index (χ0) is 13.1. The van der Waals surface area contributed by atoms with E-state index in [9.17, 15) is 4.39 Å². The first kappa shape index (κ1) is 13.9. The van der Waals surface area contributed by atoms with Gasteiger partial charge in [-0.2, -0.15) is 0 Å². The van der Waals surface area contributed by atoms with Crippen LogP contribution in [0, 0.1) is 5.82 Å². The van der Waals surface area contributed by atoms with E-state index in [1.54, 1.807) is 6.07 Å². The third-order valence-corrected chi connectivity index (χ3v) is 4.27. The van der Waals surface area contributed by atoms with Crippen LogP contribution < -0.4 is 0 Å². The van der Waals surface area contributed by atoms with Gasteiger partial charge in [-0.15, -0.1) is 11.6 Å². The smallest absolute Gasteiger partial charge is 0.137 e. The van der Waals surface area contributed by atoms with Gasteiger partial charge in [-0.25, -0.2) is 4.39 Å². The summed E-state index contributed by atoms with van der Waals surface area (Å²) in [4.78, 5) is 0. The molecule has 0 fully saturated rings. The van der Waals surface area contributed by atoms with Gasteiger partial charge in [0.25, 0.3) is 0 Å². The van der Waals surface area contributed by atoms with Crippen LogP contribution in [0.3, 0.4) is 0 Å². The van der Waals surface area contributed by atoms with Crippen LogP contribution in [0.1, 0.15) is 16.5 Å². The third-order valence-electron chi connectivity index (χ3n) is 2.68. The molecular formula is C14H10BrCl2F. The van der Waals surface area contributed by atoms with Gasteiger partial charge in [-0.1, -0.05) is 41.9 Å². The van der Waals surface area contributed by atoms with E-state index in [0.29, 0.717) is 15.9 Å². The van der Waals surface area contributed by atoms with E-state index in [1.807, 2.05) is 30.3 Å². The highest BCUT2D eigenvalue weighted by Crippen LogP contribution is 2.33. The molecule has 2 aromatic carbocycles. The molecule has 0 saturated heterocycles. The Hall–Kier alpha value is -0.570. The van der Waals surface area contributed by atoms with Crippen molar-refractivity contribution in [3.05, 3.63) is 68.9 Å². The van der Waals surface area contributed by atoms with Crippen molar-refractivity contribution < 1.29 is 4.39 Å². The Kier molecular flexibility index (Phi) is 4.66. The molecule has 0 aliphatic heterocycles. The standard InChI is InChI=1S/C14H10BrCl2F/c15-14-10(5-3-7-13(14)18)12(17)8-9-4-1-2-6-11(9)16/h1-7,12H,8H2. The Labute approximate surface area is 124 Å². The first-order valence-corrected chi connectivity index (χ1v) is 7.01. The predicted octanol–water partition coefficient (Wildman–Crippen LogP) is 5.76. The van der Waals surface area contributed by atoms with Crippen LogP contribution in [0.4, 0.5) is 4.39 Å². The number of benzene rings is 2. The molecule has 0 nitrogen and oxygen atoms in total. The topological polar surface area (TPSA) is 0 Å². The fourth-order valence-corrected chi connectivity index (χ4v) is 2.96. The van der Waals surface area contributed by atoms with E-state index in [-0.39, 0.29) is 11.2 Å². The molecule has 0 amide bonds. The summed E-state index contributed by atoms with van der Waals surface area (Å²) >= 11 is 15.6. The molecule has 0 aliphatic rings. The Bertz CT molecular complexity index is 557. The lowest BCUT2D eigenvalue weighted by atomic mass is 10.0. The lowest BCUT2D eigenvalue weighted by Gasteiger charge is -2.13. The average molecular weight is 348 g/mol. The van der Waals surface area contributed by atoms with Gasteiger partial charge < -0.3 is 0 Å². The lowest BCUT2D eigenvalue weighted by molar-refractivity contribution is 0.617. The second kappa shape index (κ2) is 6.05. The van der Waals surface area contributed by atoms with Crippen molar-refractivity contribution in [2.75, 3.05) is 0 Å². The molecule has 1 unspecified atom stereocenters. The molecule has 0 heterocycles. The molecule has 0 aliphatic carbocycles. The number of hydrogen-bond donors (Lipinski definition) is 0. The summed E-state index contributed by atoms with van der Waals surface area (Å²) in [6.45, 7) is 0. The summed E-state index contributed by atoms with van der Waals surface area (Å²) in [7, 11) is 0. The zero-order valence-corrected chi connectivity index (χ0v) is 12.4. The molecule has 2 aromatic rings. The Balaban J connectivity index is 2.25. The highest BCUT2D eigenvalue weighted by molar-refractivity contribution is 9.10. The number of rotatable bonds is 3. The van der Waals surface area contributed by atoms with Gasteiger partial charge in [0.15, 0.2) is 0 Å². The molecule has 0 N–H and O–H groups in total. The second-order valence-corrected chi connectivity index (χ2v) is 5.63. The van der Waals surface area contributed by atoms with Gasteiger partial charge in [0.1, 0.15) is 5.82 Å². The second-order valence-electron chi connectivity index (χ2n) is 3.91. The van der Waals surface area contributed by atoms with Gasteiger partial charge >= 0.3 is 0 Å². The van der Waals surface area contributed by atoms with Crippen molar-refractivity contribution in [2.45, 2.75) is 11.8 Å². The minimum absolute atomic E-state index is 0.308. The van der Waals surface area contributed by atoms with Gasteiger partial charge in [0.2, 0.25) is 0 Å². The number of hydrogen-bond acceptors (Lipinski definition) is 0. The zero-order valence-electron chi connectivity index (χ0n) is 9.34. The van der Waals surface area contributed by atoms with Crippen molar-refractivity contribution in [3.63, 3.8) is 0 Å². The van der Waals surface area contributed by atoms with Crippen LogP contribution in [0.15, 0.2) is 46.9 Å². The van der Waals surface area contributed by atoms with Crippen LogP contribution in [0.25, 0.3) is 0 Å². The maximum Gasteiger partial charge on any atom is 0.137 e. The van der Waals surface area contributed by atoms with Crippen molar-refractivity contribution >= 4 is 39.1 Å². The van der Waals surface area contributed by atoms with E-state index in [1.165, 1.54) is 6.07 Å². The highest BCUT2D eigenvalue weighted by Gasteiger charge is 2.15. The average Bonchev–Trinajstić information content (AvgIpc) is 2.35.